The summed E-state index contributed by atoms with van der Waals surface area (Å²) in [6.45, 7) is 8.69. The summed E-state index contributed by atoms with van der Waals surface area (Å²) >= 11 is 0. The van der Waals surface area contributed by atoms with E-state index in [0.29, 0.717) is 17.2 Å². The third kappa shape index (κ3) is 4.99. The molecule has 2 heterocycles. The van der Waals surface area contributed by atoms with Crippen molar-refractivity contribution >= 4 is 21.9 Å². The fourth-order valence-corrected chi connectivity index (χ4v) is 4.99. The van der Waals surface area contributed by atoms with Crippen LogP contribution in [0.15, 0.2) is 41.3 Å². The van der Waals surface area contributed by atoms with Crippen LogP contribution in [-0.2, 0) is 14.8 Å². The summed E-state index contributed by atoms with van der Waals surface area (Å²) in [5.74, 6) is -0.441. The molecule has 1 aliphatic rings. The van der Waals surface area contributed by atoms with E-state index < -0.39 is 16.0 Å². The molecule has 0 aliphatic carbocycles. The first-order chi connectivity index (χ1) is 15.1. The van der Waals surface area contributed by atoms with Crippen LogP contribution in [0, 0.1) is 6.92 Å². The van der Waals surface area contributed by atoms with Gasteiger partial charge >= 0.3 is 5.97 Å². The molecule has 0 spiro atoms. The average Bonchev–Trinajstić information content (AvgIpc) is 2.78. The lowest BCUT2D eigenvalue weighted by atomic mass is 10.0. The number of carbonyl (C=O) groups excluding carboxylic acids is 2. The van der Waals surface area contributed by atoms with Gasteiger partial charge in [0.05, 0.1) is 22.8 Å². The second kappa shape index (κ2) is 9.79. The van der Waals surface area contributed by atoms with Crippen molar-refractivity contribution in [2.24, 2.45) is 0 Å². The predicted molar refractivity (Wildman–Crippen MR) is 120 cm³/mol. The molecule has 1 aliphatic heterocycles. The molecule has 32 heavy (non-hydrogen) atoms. The lowest BCUT2D eigenvalue weighted by Gasteiger charge is -2.34. The number of pyridine rings is 1. The van der Waals surface area contributed by atoms with Crippen LogP contribution in [-0.4, -0.2) is 67.3 Å². The number of aryl methyl sites for hydroxylation is 1. The Morgan fingerprint density at radius 1 is 1.03 bits per heavy atom. The zero-order valence-electron chi connectivity index (χ0n) is 18.9. The normalized spacial score (nSPS) is 15.1. The topological polar surface area (TPSA) is 96.9 Å². The Bertz CT molecular complexity index is 1090. The quantitative estimate of drug-likeness (QED) is 0.616. The zero-order valence-corrected chi connectivity index (χ0v) is 19.7. The second-order valence-electron chi connectivity index (χ2n) is 7.97. The number of sulfonamides is 1. The molecule has 1 amide bonds. The smallest absolute Gasteiger partial charge is 0.339 e. The Labute approximate surface area is 189 Å². The average molecular weight is 460 g/mol. The van der Waals surface area contributed by atoms with Crippen molar-refractivity contribution in [3.63, 3.8) is 0 Å². The maximum atomic E-state index is 13.0. The number of benzene rings is 1. The SMILES string of the molecule is CCOC(=O)c1ccc(C(=O)N2CCN(S(=O)(=O)c3ccc(C(C)C)cc3)CC2)nc1C. The van der Waals surface area contributed by atoms with Crippen LogP contribution in [0.3, 0.4) is 0 Å². The summed E-state index contributed by atoms with van der Waals surface area (Å²) in [5, 5.41) is 0. The highest BCUT2D eigenvalue weighted by molar-refractivity contribution is 7.89. The molecular formula is C23H29N3O5S. The van der Waals surface area contributed by atoms with Crippen molar-refractivity contribution in [1.82, 2.24) is 14.2 Å². The van der Waals surface area contributed by atoms with E-state index in [9.17, 15) is 18.0 Å². The van der Waals surface area contributed by atoms with Gasteiger partial charge in [0.2, 0.25) is 10.0 Å². The van der Waals surface area contributed by atoms with Crippen molar-refractivity contribution < 1.29 is 22.7 Å². The third-order valence-electron chi connectivity index (χ3n) is 5.51. The van der Waals surface area contributed by atoms with Crippen LogP contribution in [0.2, 0.25) is 0 Å². The number of amides is 1. The van der Waals surface area contributed by atoms with Gasteiger partial charge in [0.1, 0.15) is 5.69 Å². The number of nitrogens with zero attached hydrogens (tertiary/aromatic N) is 3. The van der Waals surface area contributed by atoms with E-state index in [-0.39, 0.29) is 49.3 Å². The first-order valence-corrected chi connectivity index (χ1v) is 12.1. The minimum Gasteiger partial charge on any atom is -0.462 e. The molecule has 2 aromatic rings. The maximum absolute atomic E-state index is 13.0. The van der Waals surface area contributed by atoms with Gasteiger partial charge < -0.3 is 9.64 Å². The minimum absolute atomic E-state index is 0.208. The van der Waals surface area contributed by atoms with E-state index in [4.69, 9.17) is 4.74 Å². The first kappa shape index (κ1) is 23.9. The van der Waals surface area contributed by atoms with E-state index in [1.54, 1.807) is 30.9 Å². The number of aromatic nitrogens is 1. The molecule has 172 valence electrons. The summed E-state index contributed by atoms with van der Waals surface area (Å²) in [5.41, 5.74) is 2.04. The Kier molecular flexibility index (Phi) is 7.30. The molecule has 8 nitrogen and oxygen atoms in total. The largest absolute Gasteiger partial charge is 0.462 e. The first-order valence-electron chi connectivity index (χ1n) is 10.7. The number of esters is 1. The van der Waals surface area contributed by atoms with Gasteiger partial charge in [-0.15, -0.1) is 0 Å². The van der Waals surface area contributed by atoms with E-state index >= 15 is 0 Å². The zero-order chi connectivity index (χ0) is 23.5. The number of hydrogen-bond donors (Lipinski definition) is 0. The molecule has 9 heteroatoms. The second-order valence-corrected chi connectivity index (χ2v) is 9.91. The number of carbonyl (C=O) groups is 2. The van der Waals surface area contributed by atoms with E-state index in [1.807, 2.05) is 12.1 Å². The van der Waals surface area contributed by atoms with Gasteiger partial charge in [-0.1, -0.05) is 26.0 Å². The van der Waals surface area contributed by atoms with E-state index in [2.05, 4.69) is 18.8 Å². The van der Waals surface area contributed by atoms with Gasteiger partial charge in [0.15, 0.2) is 0 Å². The molecule has 3 rings (SSSR count). The molecule has 0 saturated carbocycles. The fraction of sp³-hybridized carbons (Fsp3) is 0.435. The summed E-state index contributed by atoms with van der Waals surface area (Å²) in [6.07, 6.45) is 0. The number of ether oxygens (including phenoxy) is 1. The van der Waals surface area contributed by atoms with Gasteiger partial charge in [-0.3, -0.25) is 4.79 Å². The van der Waals surface area contributed by atoms with Crippen LogP contribution in [0.25, 0.3) is 0 Å². The standard InChI is InChI=1S/C23H29N3O5S/c1-5-31-23(28)20-10-11-21(24-17(20)4)22(27)25-12-14-26(15-13-25)32(29,30)19-8-6-18(7-9-19)16(2)3/h6-11,16H,5,12-15H2,1-4H3. The van der Waals surface area contributed by atoms with Crippen molar-refractivity contribution in [1.29, 1.82) is 0 Å². The van der Waals surface area contributed by atoms with Crippen LogP contribution in [0.4, 0.5) is 0 Å². The van der Waals surface area contributed by atoms with Gasteiger partial charge in [0.25, 0.3) is 5.91 Å². The molecular weight excluding hydrogens is 430 g/mol. The highest BCUT2D eigenvalue weighted by atomic mass is 32.2. The third-order valence-corrected chi connectivity index (χ3v) is 7.42. The fourth-order valence-electron chi connectivity index (χ4n) is 3.57. The Balaban J connectivity index is 1.66. The van der Waals surface area contributed by atoms with Gasteiger partial charge in [0, 0.05) is 26.2 Å². The van der Waals surface area contributed by atoms with Crippen molar-refractivity contribution in [3.8, 4) is 0 Å². The highest BCUT2D eigenvalue weighted by Crippen LogP contribution is 2.22. The lowest BCUT2D eigenvalue weighted by Crippen LogP contribution is -2.50. The minimum atomic E-state index is -3.62. The Hall–Kier alpha value is -2.78. The summed E-state index contributed by atoms with van der Waals surface area (Å²) < 4.78 is 32.4. The van der Waals surface area contributed by atoms with Gasteiger partial charge in [-0.25, -0.2) is 18.2 Å². The van der Waals surface area contributed by atoms with E-state index in [1.165, 1.54) is 16.4 Å². The van der Waals surface area contributed by atoms with Crippen LogP contribution < -0.4 is 0 Å². The molecule has 0 unspecified atom stereocenters. The van der Waals surface area contributed by atoms with Gasteiger partial charge in [-0.05, 0) is 49.6 Å². The highest BCUT2D eigenvalue weighted by Gasteiger charge is 2.31. The Morgan fingerprint density at radius 2 is 1.66 bits per heavy atom. The number of rotatable bonds is 6. The molecule has 0 atom stereocenters. The monoisotopic (exact) mass is 459 g/mol. The molecule has 0 bridgehead atoms. The Morgan fingerprint density at radius 3 is 2.19 bits per heavy atom. The molecule has 0 radical (unpaired) electrons. The molecule has 1 aromatic carbocycles. The maximum Gasteiger partial charge on any atom is 0.339 e. The predicted octanol–water partition coefficient (Wildman–Crippen LogP) is 2.84. The molecule has 1 aromatic heterocycles. The van der Waals surface area contributed by atoms with Crippen LogP contribution in [0.5, 0.6) is 0 Å². The number of hydrogen-bond acceptors (Lipinski definition) is 6. The molecule has 1 fully saturated rings. The van der Waals surface area contributed by atoms with Crippen molar-refractivity contribution in [2.45, 2.75) is 38.5 Å². The van der Waals surface area contributed by atoms with Crippen molar-refractivity contribution in [2.75, 3.05) is 32.8 Å². The number of piperazine rings is 1. The van der Waals surface area contributed by atoms with Crippen LogP contribution in [0.1, 0.15) is 58.8 Å². The summed E-state index contributed by atoms with van der Waals surface area (Å²) in [6, 6.07) is 9.99. The lowest BCUT2D eigenvalue weighted by molar-refractivity contribution is 0.0523. The van der Waals surface area contributed by atoms with Crippen LogP contribution >= 0.6 is 0 Å². The molecule has 1 saturated heterocycles. The van der Waals surface area contributed by atoms with Crippen molar-refractivity contribution in [3.05, 3.63) is 58.9 Å². The van der Waals surface area contributed by atoms with Gasteiger partial charge in [-0.2, -0.15) is 4.31 Å². The summed E-state index contributed by atoms with van der Waals surface area (Å²) in [4.78, 5) is 30.9. The summed E-state index contributed by atoms with van der Waals surface area (Å²) in [7, 11) is -3.62. The molecule has 0 N–H and O–H groups in total. The van der Waals surface area contributed by atoms with E-state index in [0.717, 1.165) is 5.56 Å².